The van der Waals surface area contributed by atoms with Gasteiger partial charge in [0.05, 0.1) is 0 Å². The van der Waals surface area contributed by atoms with Crippen LogP contribution in [0.2, 0.25) is 0 Å². The van der Waals surface area contributed by atoms with Crippen molar-refractivity contribution in [3.63, 3.8) is 0 Å². The Kier molecular flexibility index (Phi) is 3.49. The molecule has 1 aromatic carbocycles. The highest BCUT2D eigenvalue weighted by atomic mass is 15.1. The maximum Gasteiger partial charge on any atom is 0.227 e. The van der Waals surface area contributed by atoms with Gasteiger partial charge in [0.2, 0.25) is 5.95 Å². The Morgan fingerprint density at radius 2 is 1.75 bits per heavy atom. The predicted molar refractivity (Wildman–Crippen MR) is 65.8 cm³/mol. The van der Waals surface area contributed by atoms with Crippen LogP contribution in [0.3, 0.4) is 0 Å². The average Bonchev–Trinajstić information content (AvgIpc) is 2.33. The smallest absolute Gasteiger partial charge is 0.227 e. The van der Waals surface area contributed by atoms with Crippen molar-refractivity contribution < 1.29 is 0 Å². The Morgan fingerprint density at radius 3 is 2.38 bits per heavy atom. The van der Waals surface area contributed by atoms with Gasteiger partial charge in [-0.1, -0.05) is 31.5 Å². The molecule has 0 fully saturated rings. The molecule has 0 atom stereocenters. The number of anilines is 2. The molecule has 82 valence electrons. The molecule has 3 heteroatoms. The Hall–Kier alpha value is -1.90. The fraction of sp³-hybridized carbons (Fsp3) is 0.231. The topological polar surface area (TPSA) is 37.8 Å². The predicted octanol–water partition coefficient (Wildman–Crippen LogP) is 3.17. The van der Waals surface area contributed by atoms with Gasteiger partial charge in [0.1, 0.15) is 0 Å². The lowest BCUT2D eigenvalue weighted by molar-refractivity contribution is 0.902. The molecule has 3 nitrogen and oxygen atoms in total. The van der Waals surface area contributed by atoms with Crippen LogP contribution in [0, 0.1) is 0 Å². The molecule has 0 bridgehead atoms. The van der Waals surface area contributed by atoms with Crippen molar-refractivity contribution >= 4 is 11.6 Å². The van der Waals surface area contributed by atoms with Crippen LogP contribution in [0.4, 0.5) is 11.6 Å². The molecule has 0 amide bonds. The summed E-state index contributed by atoms with van der Waals surface area (Å²) in [4.78, 5) is 8.54. The van der Waals surface area contributed by atoms with E-state index in [2.05, 4.69) is 22.2 Å². The molecule has 0 saturated carbocycles. The van der Waals surface area contributed by atoms with E-state index in [9.17, 15) is 0 Å². The first kappa shape index (κ1) is 10.6. The number of rotatable bonds is 4. The van der Waals surface area contributed by atoms with Crippen molar-refractivity contribution in [3.8, 4) is 0 Å². The number of para-hydroxylation sites is 1. The Balaban J connectivity index is 2.05. The Bertz CT molecular complexity index is 423. The molecule has 0 radical (unpaired) electrons. The summed E-state index contributed by atoms with van der Waals surface area (Å²) in [6.45, 7) is 2.15. The van der Waals surface area contributed by atoms with Gasteiger partial charge in [-0.25, -0.2) is 9.97 Å². The van der Waals surface area contributed by atoms with E-state index in [0.29, 0.717) is 5.95 Å². The van der Waals surface area contributed by atoms with Gasteiger partial charge in [-0.2, -0.15) is 0 Å². The summed E-state index contributed by atoms with van der Waals surface area (Å²) in [5, 5.41) is 3.15. The van der Waals surface area contributed by atoms with Gasteiger partial charge in [-0.15, -0.1) is 0 Å². The molecule has 0 aliphatic rings. The molecule has 0 aliphatic carbocycles. The molecule has 0 saturated heterocycles. The molecule has 16 heavy (non-hydrogen) atoms. The number of nitrogens with zero attached hydrogens (tertiary/aromatic N) is 2. The summed E-state index contributed by atoms with van der Waals surface area (Å²) in [5.74, 6) is 0.644. The van der Waals surface area contributed by atoms with E-state index in [1.807, 2.05) is 42.7 Å². The first-order valence-corrected chi connectivity index (χ1v) is 5.51. The third kappa shape index (κ3) is 2.79. The minimum absolute atomic E-state index is 0.644. The molecule has 0 spiro atoms. The van der Waals surface area contributed by atoms with Crippen molar-refractivity contribution in [2.45, 2.75) is 19.8 Å². The Morgan fingerprint density at radius 1 is 1.06 bits per heavy atom. The maximum atomic E-state index is 4.27. The second-order valence-corrected chi connectivity index (χ2v) is 3.66. The normalized spacial score (nSPS) is 10.1. The second-order valence-electron chi connectivity index (χ2n) is 3.66. The lowest BCUT2D eigenvalue weighted by atomic mass is 10.2. The molecule has 2 aromatic rings. The summed E-state index contributed by atoms with van der Waals surface area (Å²) >= 11 is 0. The lowest BCUT2D eigenvalue weighted by Crippen LogP contribution is -1.97. The van der Waals surface area contributed by atoms with E-state index >= 15 is 0 Å². The van der Waals surface area contributed by atoms with Gasteiger partial charge < -0.3 is 5.32 Å². The number of hydrogen-bond acceptors (Lipinski definition) is 3. The fourth-order valence-corrected chi connectivity index (χ4v) is 1.49. The monoisotopic (exact) mass is 213 g/mol. The number of hydrogen-bond donors (Lipinski definition) is 1. The summed E-state index contributed by atoms with van der Waals surface area (Å²) in [7, 11) is 0. The molecule has 2 rings (SSSR count). The number of benzene rings is 1. The molecule has 0 aliphatic heterocycles. The van der Waals surface area contributed by atoms with Crippen LogP contribution in [0.15, 0.2) is 42.7 Å². The standard InChI is InChI=1S/C13H15N3/c1-2-6-11-9-14-13(15-10-11)16-12-7-4-3-5-8-12/h3-5,7-10H,2,6H2,1H3,(H,14,15,16). The largest absolute Gasteiger partial charge is 0.324 e. The average molecular weight is 213 g/mol. The van der Waals surface area contributed by atoms with Crippen molar-refractivity contribution in [1.29, 1.82) is 0 Å². The van der Waals surface area contributed by atoms with Crippen molar-refractivity contribution in [2.75, 3.05) is 5.32 Å². The van der Waals surface area contributed by atoms with Crippen molar-refractivity contribution in [1.82, 2.24) is 9.97 Å². The van der Waals surface area contributed by atoms with Gasteiger partial charge in [0, 0.05) is 18.1 Å². The first-order valence-electron chi connectivity index (χ1n) is 5.51. The zero-order valence-corrected chi connectivity index (χ0v) is 9.35. The van der Waals surface area contributed by atoms with E-state index in [4.69, 9.17) is 0 Å². The highest BCUT2D eigenvalue weighted by Gasteiger charge is 1.97. The quantitative estimate of drug-likeness (QED) is 0.847. The second kappa shape index (κ2) is 5.26. The molecular formula is C13H15N3. The SMILES string of the molecule is CCCc1cnc(Nc2ccccc2)nc1. The van der Waals surface area contributed by atoms with Crippen LogP contribution in [-0.4, -0.2) is 9.97 Å². The molecular weight excluding hydrogens is 198 g/mol. The van der Waals surface area contributed by atoms with Crippen LogP contribution in [0.1, 0.15) is 18.9 Å². The van der Waals surface area contributed by atoms with Crippen LogP contribution < -0.4 is 5.32 Å². The number of nitrogens with one attached hydrogen (secondary N) is 1. The maximum absolute atomic E-state index is 4.27. The molecule has 1 N–H and O–H groups in total. The number of aromatic nitrogens is 2. The van der Waals surface area contributed by atoms with E-state index < -0.39 is 0 Å². The summed E-state index contributed by atoms with van der Waals surface area (Å²) in [5.41, 5.74) is 2.19. The third-order valence-electron chi connectivity index (χ3n) is 2.27. The molecule has 1 heterocycles. The number of aryl methyl sites for hydroxylation is 1. The zero-order valence-electron chi connectivity index (χ0n) is 9.35. The highest BCUT2D eigenvalue weighted by Crippen LogP contribution is 2.11. The minimum Gasteiger partial charge on any atom is -0.324 e. The van der Waals surface area contributed by atoms with E-state index in [1.54, 1.807) is 0 Å². The van der Waals surface area contributed by atoms with Crippen LogP contribution in [-0.2, 0) is 6.42 Å². The minimum atomic E-state index is 0.644. The van der Waals surface area contributed by atoms with E-state index in [-0.39, 0.29) is 0 Å². The molecule has 1 aromatic heterocycles. The van der Waals surface area contributed by atoms with E-state index in [1.165, 1.54) is 5.56 Å². The summed E-state index contributed by atoms with van der Waals surface area (Å²) < 4.78 is 0. The van der Waals surface area contributed by atoms with Crippen LogP contribution in [0.5, 0.6) is 0 Å². The van der Waals surface area contributed by atoms with Gasteiger partial charge in [0.25, 0.3) is 0 Å². The van der Waals surface area contributed by atoms with Crippen molar-refractivity contribution in [2.24, 2.45) is 0 Å². The van der Waals surface area contributed by atoms with E-state index in [0.717, 1.165) is 18.5 Å². The van der Waals surface area contributed by atoms with Gasteiger partial charge in [-0.3, -0.25) is 0 Å². The summed E-state index contributed by atoms with van der Waals surface area (Å²) in [6.07, 6.45) is 5.91. The summed E-state index contributed by atoms with van der Waals surface area (Å²) in [6, 6.07) is 9.92. The fourth-order valence-electron chi connectivity index (χ4n) is 1.49. The third-order valence-corrected chi connectivity index (χ3v) is 2.27. The van der Waals surface area contributed by atoms with Gasteiger partial charge in [0.15, 0.2) is 0 Å². The van der Waals surface area contributed by atoms with Crippen molar-refractivity contribution in [3.05, 3.63) is 48.3 Å². The van der Waals surface area contributed by atoms with Crippen LogP contribution in [0.25, 0.3) is 0 Å². The Labute approximate surface area is 95.6 Å². The first-order chi connectivity index (χ1) is 7.88. The highest BCUT2D eigenvalue weighted by molar-refractivity contribution is 5.52. The van der Waals surface area contributed by atoms with Gasteiger partial charge in [-0.05, 0) is 24.1 Å². The lowest BCUT2D eigenvalue weighted by Gasteiger charge is -2.04. The molecule has 0 unspecified atom stereocenters. The zero-order chi connectivity index (χ0) is 11.2. The van der Waals surface area contributed by atoms with Crippen LogP contribution >= 0.6 is 0 Å². The van der Waals surface area contributed by atoms with Gasteiger partial charge >= 0.3 is 0 Å².